The minimum Gasteiger partial charge on any atom is -0.352 e. The zero-order valence-corrected chi connectivity index (χ0v) is 16.3. The first-order valence-electron chi connectivity index (χ1n) is 8.38. The summed E-state index contributed by atoms with van der Waals surface area (Å²) in [5.41, 5.74) is -3.50. The monoisotopic (exact) mass is 450 g/mol. The summed E-state index contributed by atoms with van der Waals surface area (Å²) >= 11 is 1.51. The van der Waals surface area contributed by atoms with Crippen LogP contribution in [0, 0.1) is 0 Å². The molecular weight excluding hydrogens is 434 g/mol. The van der Waals surface area contributed by atoms with E-state index in [1.165, 1.54) is 11.8 Å². The molecule has 2 aromatic rings. The summed E-state index contributed by atoms with van der Waals surface area (Å²) in [6.07, 6.45) is -9.30. The molecule has 2 rings (SSSR count). The van der Waals surface area contributed by atoms with E-state index in [9.17, 15) is 35.9 Å². The maximum Gasteiger partial charge on any atom is 0.417 e. The highest BCUT2D eigenvalue weighted by Gasteiger charge is 2.43. The van der Waals surface area contributed by atoms with Crippen LogP contribution in [-0.4, -0.2) is 18.1 Å². The molecule has 0 radical (unpaired) electrons. The average molecular weight is 450 g/mol. The number of hydrogen-bond donors (Lipinski definition) is 2. The summed E-state index contributed by atoms with van der Waals surface area (Å²) < 4.78 is 77.2. The van der Waals surface area contributed by atoms with Gasteiger partial charge in [-0.05, 0) is 42.2 Å². The summed E-state index contributed by atoms with van der Waals surface area (Å²) in [7, 11) is 0. The van der Waals surface area contributed by atoms with Crippen molar-refractivity contribution in [3.8, 4) is 0 Å². The first-order chi connectivity index (χ1) is 13.9. The molecule has 2 N–H and O–H groups in total. The Kier molecular flexibility index (Phi) is 7.40. The van der Waals surface area contributed by atoms with Crippen LogP contribution >= 0.6 is 11.8 Å². The molecule has 0 heterocycles. The van der Waals surface area contributed by atoms with Gasteiger partial charge in [0.1, 0.15) is 6.42 Å². The molecule has 30 heavy (non-hydrogen) atoms. The quantitative estimate of drug-likeness (QED) is 0.366. The normalized spacial score (nSPS) is 11.8. The van der Waals surface area contributed by atoms with Crippen molar-refractivity contribution in [1.29, 1.82) is 0 Å². The van der Waals surface area contributed by atoms with Gasteiger partial charge in [0.2, 0.25) is 11.8 Å². The number of halogens is 6. The highest BCUT2D eigenvalue weighted by molar-refractivity contribution is 7.98. The molecule has 4 nitrogen and oxygen atoms in total. The summed E-state index contributed by atoms with van der Waals surface area (Å²) in [5, 5.41) is 4.50. The molecular formula is C19H16F6N2O2S. The van der Waals surface area contributed by atoms with Gasteiger partial charge in [-0.1, -0.05) is 12.1 Å². The molecule has 0 unspecified atom stereocenters. The lowest BCUT2D eigenvalue weighted by molar-refractivity contribution is -0.162. The molecule has 0 aliphatic rings. The molecule has 0 saturated carbocycles. The van der Waals surface area contributed by atoms with Gasteiger partial charge >= 0.3 is 12.4 Å². The molecule has 162 valence electrons. The predicted molar refractivity (Wildman–Crippen MR) is 99.8 cm³/mol. The van der Waals surface area contributed by atoms with Gasteiger partial charge in [-0.2, -0.15) is 26.3 Å². The molecule has 0 fully saturated rings. The molecule has 0 aliphatic carbocycles. The number of nitrogens with one attached hydrogen (secondary N) is 2. The van der Waals surface area contributed by atoms with E-state index in [4.69, 9.17) is 0 Å². The van der Waals surface area contributed by atoms with Crippen LogP contribution in [0.4, 0.5) is 32.0 Å². The summed E-state index contributed by atoms with van der Waals surface area (Å²) in [6.45, 7) is 0.138. The van der Waals surface area contributed by atoms with E-state index in [2.05, 4.69) is 5.32 Å². The summed E-state index contributed by atoms with van der Waals surface area (Å²) in [5.74, 6) is -1.65. The number of carbonyl (C=O) groups is 2. The van der Waals surface area contributed by atoms with Crippen molar-refractivity contribution in [3.05, 3.63) is 59.2 Å². The second-order valence-electron chi connectivity index (χ2n) is 6.11. The Bertz CT molecular complexity index is 928. The Hall–Kier alpha value is -2.69. The fraction of sp³-hybridized carbons (Fsp3) is 0.263. The minimum absolute atomic E-state index is 0.138. The Balaban J connectivity index is 2.01. The van der Waals surface area contributed by atoms with Crippen LogP contribution in [0.3, 0.4) is 0 Å². The van der Waals surface area contributed by atoms with Gasteiger partial charge in [0.25, 0.3) is 0 Å². The number of rotatable bonds is 6. The SMILES string of the molecule is CSc1cccc(CNC(=O)CC(=O)Nc2ccc(C(F)(F)F)c(C(F)(F)F)c2)c1. The second-order valence-corrected chi connectivity index (χ2v) is 6.99. The number of amides is 2. The van der Waals surface area contributed by atoms with Crippen molar-refractivity contribution in [3.63, 3.8) is 0 Å². The molecule has 11 heteroatoms. The van der Waals surface area contributed by atoms with Gasteiger partial charge in [0.15, 0.2) is 0 Å². The lowest BCUT2D eigenvalue weighted by Crippen LogP contribution is -2.28. The van der Waals surface area contributed by atoms with Crippen LogP contribution < -0.4 is 10.6 Å². The lowest BCUT2D eigenvalue weighted by atomic mass is 10.1. The van der Waals surface area contributed by atoms with E-state index in [1.54, 1.807) is 12.1 Å². The van der Waals surface area contributed by atoms with Crippen molar-refractivity contribution in [1.82, 2.24) is 5.32 Å². The molecule has 0 aliphatic heterocycles. The van der Waals surface area contributed by atoms with Crippen molar-refractivity contribution < 1.29 is 35.9 Å². The van der Waals surface area contributed by atoms with E-state index >= 15 is 0 Å². The number of benzene rings is 2. The third kappa shape index (κ3) is 6.68. The second kappa shape index (κ2) is 9.41. The van der Waals surface area contributed by atoms with Crippen LogP contribution in [0.5, 0.6) is 0 Å². The van der Waals surface area contributed by atoms with Crippen molar-refractivity contribution in [2.75, 3.05) is 11.6 Å². The first-order valence-corrected chi connectivity index (χ1v) is 9.60. The number of thioether (sulfide) groups is 1. The maximum atomic E-state index is 12.9. The van der Waals surface area contributed by atoms with E-state index in [0.29, 0.717) is 6.07 Å². The van der Waals surface area contributed by atoms with Crippen LogP contribution in [-0.2, 0) is 28.5 Å². The fourth-order valence-electron chi connectivity index (χ4n) is 2.50. The average Bonchev–Trinajstić information content (AvgIpc) is 2.65. The third-order valence-corrected chi connectivity index (χ3v) is 4.58. The molecule has 2 amide bonds. The van der Waals surface area contributed by atoms with Crippen molar-refractivity contribution >= 4 is 29.3 Å². The Morgan fingerprint density at radius 3 is 2.17 bits per heavy atom. The Morgan fingerprint density at radius 1 is 0.900 bits per heavy atom. The van der Waals surface area contributed by atoms with Gasteiger partial charge < -0.3 is 10.6 Å². The zero-order valence-electron chi connectivity index (χ0n) is 15.4. The molecule has 0 atom stereocenters. The molecule has 0 bridgehead atoms. The van der Waals surface area contributed by atoms with E-state index in [0.717, 1.165) is 10.5 Å². The topological polar surface area (TPSA) is 58.2 Å². The van der Waals surface area contributed by atoms with Gasteiger partial charge in [-0.15, -0.1) is 11.8 Å². The van der Waals surface area contributed by atoms with Gasteiger partial charge in [0, 0.05) is 17.1 Å². The lowest BCUT2D eigenvalue weighted by Gasteiger charge is -2.17. The number of alkyl halides is 6. The molecule has 2 aromatic carbocycles. The van der Waals surface area contributed by atoms with Crippen LogP contribution in [0.2, 0.25) is 0 Å². The summed E-state index contributed by atoms with van der Waals surface area (Å²) in [6, 6.07) is 8.39. The molecule has 0 saturated heterocycles. The maximum absolute atomic E-state index is 12.9. The van der Waals surface area contributed by atoms with E-state index < -0.39 is 47.4 Å². The fourth-order valence-corrected chi connectivity index (χ4v) is 2.98. The number of anilines is 1. The zero-order chi connectivity index (χ0) is 22.5. The molecule has 0 aromatic heterocycles. The van der Waals surface area contributed by atoms with E-state index in [-0.39, 0.29) is 18.7 Å². The standard InChI is InChI=1S/C19H16F6N2O2S/c1-30-13-4-2-3-11(7-13)10-26-16(28)9-17(29)27-12-5-6-14(18(20,21)22)15(8-12)19(23,24)25/h2-8H,9-10H2,1H3,(H,26,28)(H,27,29). The Morgan fingerprint density at radius 2 is 1.57 bits per heavy atom. The third-order valence-electron chi connectivity index (χ3n) is 3.86. The van der Waals surface area contributed by atoms with E-state index in [1.807, 2.05) is 23.7 Å². The van der Waals surface area contributed by atoms with Crippen molar-refractivity contribution in [2.45, 2.75) is 30.2 Å². The Labute approximate surface area is 172 Å². The number of carbonyl (C=O) groups excluding carboxylic acids is 2. The van der Waals surface area contributed by atoms with Gasteiger partial charge in [0.05, 0.1) is 11.1 Å². The van der Waals surface area contributed by atoms with Crippen LogP contribution in [0.15, 0.2) is 47.4 Å². The van der Waals surface area contributed by atoms with Gasteiger partial charge in [-0.3, -0.25) is 9.59 Å². The minimum atomic E-state index is -5.27. The molecule has 0 spiro atoms. The predicted octanol–water partition coefficient (Wildman–Crippen LogP) is 5.09. The van der Waals surface area contributed by atoms with Gasteiger partial charge in [-0.25, -0.2) is 0 Å². The van der Waals surface area contributed by atoms with Crippen LogP contribution in [0.1, 0.15) is 23.1 Å². The largest absolute Gasteiger partial charge is 0.417 e. The highest BCUT2D eigenvalue weighted by atomic mass is 32.2. The summed E-state index contributed by atoms with van der Waals surface area (Å²) in [4.78, 5) is 24.8. The van der Waals surface area contributed by atoms with Crippen LogP contribution in [0.25, 0.3) is 0 Å². The number of hydrogen-bond acceptors (Lipinski definition) is 3. The highest BCUT2D eigenvalue weighted by Crippen LogP contribution is 2.41. The first kappa shape index (κ1) is 23.6. The van der Waals surface area contributed by atoms with Crippen molar-refractivity contribution in [2.24, 2.45) is 0 Å². The smallest absolute Gasteiger partial charge is 0.352 e.